The van der Waals surface area contributed by atoms with E-state index in [-0.39, 0.29) is 42.6 Å². The molecular weight excluding hydrogens is 809 g/mol. The summed E-state index contributed by atoms with van der Waals surface area (Å²) in [6.07, 6.45) is 0.262. The van der Waals surface area contributed by atoms with E-state index in [4.69, 9.17) is 18.9 Å². The van der Waals surface area contributed by atoms with Crippen molar-refractivity contribution in [3.8, 4) is 11.1 Å². The van der Waals surface area contributed by atoms with Gasteiger partial charge in [0.2, 0.25) is 17.7 Å². The summed E-state index contributed by atoms with van der Waals surface area (Å²) in [4.78, 5) is 73.2. The van der Waals surface area contributed by atoms with Gasteiger partial charge in [-0.25, -0.2) is 9.59 Å². The summed E-state index contributed by atoms with van der Waals surface area (Å²) in [7, 11) is 6.06. The number of alkyl carbamates (subject to hydrolysis) is 1. The van der Waals surface area contributed by atoms with Crippen LogP contribution in [0.1, 0.15) is 89.1 Å². The number of likely N-dealkylation sites (tertiary alicyclic amines) is 1. The van der Waals surface area contributed by atoms with Gasteiger partial charge in [-0.05, 0) is 57.9 Å². The highest BCUT2D eigenvalue weighted by Gasteiger charge is 2.44. The number of esters is 1. The maximum atomic E-state index is 14.6. The third-order valence-electron chi connectivity index (χ3n) is 12.8. The maximum Gasteiger partial charge on any atom is 0.407 e. The first-order chi connectivity index (χ1) is 29.6. The van der Waals surface area contributed by atoms with E-state index >= 15 is 0 Å². The van der Waals surface area contributed by atoms with Gasteiger partial charge in [0.15, 0.2) is 0 Å². The molecule has 0 radical (unpaired) electrons. The number of benzene rings is 2. The Balaban J connectivity index is 1.27. The molecule has 338 valence electrons. The van der Waals surface area contributed by atoms with E-state index in [2.05, 4.69) is 34.9 Å². The van der Waals surface area contributed by atoms with Crippen LogP contribution in [-0.4, -0.2) is 117 Å². The zero-order valence-electron chi connectivity index (χ0n) is 38.0. The number of amides is 4. The van der Waals surface area contributed by atoms with Gasteiger partial charge in [0.1, 0.15) is 18.7 Å². The van der Waals surface area contributed by atoms with Crippen molar-refractivity contribution in [2.75, 3.05) is 41.5 Å². The van der Waals surface area contributed by atoms with Crippen LogP contribution in [0.25, 0.3) is 11.1 Å². The summed E-state index contributed by atoms with van der Waals surface area (Å²) >= 11 is 1.49. The number of ether oxygens (including phenoxy) is 4. The molecule has 2 N–H and O–H groups in total. The second kappa shape index (κ2) is 21.5. The standard InChI is InChI=1S/C48H66N4O9S/c1-11-29(2)41(51(7)45(55)43(48(4,5)6)50-47(57)61-28-36-34-21-14-12-19-32(34)33-20-13-15-22-35(33)36)39(58-8)27-40(53)52-24-16-23-38(52)42(59-9)30(3)44(54)49-37(46(56)60-10)26-31-18-17-25-62-31/h12-15,17-22,25,29-30,36-39,41-43H,11,16,23-24,26-28H2,1-10H3,(H,49,54)(H,50,57)/t29-,30+,37-,38-,39+,41-,42+,43+/m0/s1. The molecule has 1 saturated heterocycles. The van der Waals surface area contributed by atoms with Crippen LogP contribution in [0, 0.1) is 17.3 Å². The molecule has 0 bridgehead atoms. The van der Waals surface area contributed by atoms with Gasteiger partial charge in [-0.2, -0.15) is 0 Å². The normalized spacial score (nSPS) is 18.3. The molecule has 1 aliphatic heterocycles. The number of carbonyl (C=O) groups is 5. The van der Waals surface area contributed by atoms with Crippen LogP contribution in [0.15, 0.2) is 66.0 Å². The van der Waals surface area contributed by atoms with Gasteiger partial charge in [-0.1, -0.05) is 103 Å². The number of methoxy groups -OCH3 is 3. The number of nitrogens with one attached hydrogen (secondary N) is 2. The van der Waals surface area contributed by atoms with Crippen molar-refractivity contribution < 1.29 is 42.9 Å². The lowest BCUT2D eigenvalue weighted by atomic mass is 9.84. The van der Waals surface area contributed by atoms with E-state index in [9.17, 15) is 24.0 Å². The SMILES string of the molecule is CC[C@H](C)[C@@H]([C@@H](CC(=O)N1CCC[C@H]1[C@H](OC)[C@@H](C)C(=O)N[C@@H](Cc1cccs1)C(=O)OC)OC)N(C)C(=O)[C@@H](NC(=O)OCC1c2ccccc2-c2ccccc21)C(C)(C)C. The van der Waals surface area contributed by atoms with Crippen LogP contribution in [0.4, 0.5) is 4.79 Å². The third-order valence-corrected chi connectivity index (χ3v) is 13.7. The van der Waals surface area contributed by atoms with Gasteiger partial charge in [0.25, 0.3) is 0 Å². The monoisotopic (exact) mass is 874 g/mol. The maximum absolute atomic E-state index is 14.6. The van der Waals surface area contributed by atoms with Gasteiger partial charge in [-0.3, -0.25) is 14.4 Å². The molecule has 5 rings (SSSR count). The summed E-state index contributed by atoms with van der Waals surface area (Å²) in [5, 5.41) is 7.67. The summed E-state index contributed by atoms with van der Waals surface area (Å²) in [5.41, 5.74) is 3.73. The van der Waals surface area contributed by atoms with Gasteiger partial charge >= 0.3 is 12.1 Å². The molecule has 0 unspecified atom stereocenters. The topological polar surface area (TPSA) is 153 Å². The molecule has 2 aliphatic rings. The van der Waals surface area contributed by atoms with Crippen molar-refractivity contribution in [3.63, 3.8) is 0 Å². The number of nitrogens with zero attached hydrogens (tertiary/aromatic N) is 2. The van der Waals surface area contributed by atoms with Crippen LogP contribution in [0.5, 0.6) is 0 Å². The molecule has 1 aliphatic carbocycles. The Morgan fingerprint density at radius 2 is 1.55 bits per heavy atom. The lowest BCUT2D eigenvalue weighted by molar-refractivity contribution is -0.148. The smallest absolute Gasteiger partial charge is 0.407 e. The fraction of sp³-hybridized carbons (Fsp3) is 0.562. The molecule has 1 fully saturated rings. The van der Waals surface area contributed by atoms with Crippen LogP contribution in [-0.2, 0) is 44.5 Å². The summed E-state index contributed by atoms with van der Waals surface area (Å²) in [5.74, 6) is -2.36. The minimum absolute atomic E-state index is 0.0259. The molecule has 2 aromatic carbocycles. The Morgan fingerprint density at radius 1 is 0.903 bits per heavy atom. The molecule has 62 heavy (non-hydrogen) atoms. The van der Waals surface area contributed by atoms with Crippen LogP contribution in [0.2, 0.25) is 0 Å². The minimum atomic E-state index is -0.954. The number of likely N-dealkylation sites (N-methyl/N-ethyl adjacent to an activating group) is 1. The summed E-state index contributed by atoms with van der Waals surface area (Å²) < 4.78 is 22.9. The largest absolute Gasteiger partial charge is 0.467 e. The van der Waals surface area contributed by atoms with E-state index in [0.29, 0.717) is 32.2 Å². The third kappa shape index (κ3) is 11.0. The van der Waals surface area contributed by atoms with Crippen molar-refractivity contribution in [3.05, 3.63) is 82.0 Å². The van der Waals surface area contributed by atoms with Gasteiger partial charge in [0.05, 0.1) is 43.7 Å². The first-order valence-electron chi connectivity index (χ1n) is 21.7. The summed E-state index contributed by atoms with van der Waals surface area (Å²) in [6, 6.07) is 17.2. The van der Waals surface area contributed by atoms with Crippen LogP contribution >= 0.6 is 11.3 Å². The molecule has 4 amide bonds. The highest BCUT2D eigenvalue weighted by Crippen LogP contribution is 2.44. The predicted octanol–water partition coefficient (Wildman–Crippen LogP) is 6.82. The Bertz CT molecular complexity index is 1960. The Hall–Kier alpha value is -4.79. The van der Waals surface area contributed by atoms with Gasteiger partial charge < -0.3 is 39.4 Å². The molecule has 8 atom stereocenters. The predicted molar refractivity (Wildman–Crippen MR) is 240 cm³/mol. The number of rotatable bonds is 19. The summed E-state index contributed by atoms with van der Waals surface area (Å²) in [6.45, 7) is 12.0. The van der Waals surface area contributed by atoms with Crippen LogP contribution in [0.3, 0.4) is 0 Å². The number of fused-ring (bicyclic) bond motifs is 3. The average molecular weight is 875 g/mol. The lowest BCUT2D eigenvalue weighted by Gasteiger charge is -2.42. The van der Waals surface area contributed by atoms with E-state index in [1.807, 2.05) is 76.4 Å². The Labute approximate surface area is 371 Å². The minimum Gasteiger partial charge on any atom is -0.467 e. The molecule has 1 aromatic heterocycles. The van der Waals surface area contributed by atoms with Crippen molar-refractivity contribution in [2.45, 2.75) is 116 Å². The lowest BCUT2D eigenvalue weighted by Crippen LogP contribution is -2.59. The number of hydrogen-bond donors (Lipinski definition) is 2. The number of hydrogen-bond acceptors (Lipinski definition) is 10. The zero-order valence-corrected chi connectivity index (χ0v) is 38.8. The fourth-order valence-corrected chi connectivity index (χ4v) is 9.94. The van der Waals surface area contributed by atoms with E-state index in [0.717, 1.165) is 27.1 Å². The highest BCUT2D eigenvalue weighted by molar-refractivity contribution is 7.09. The van der Waals surface area contributed by atoms with E-state index < -0.39 is 59.8 Å². The molecule has 0 spiro atoms. The van der Waals surface area contributed by atoms with Crippen molar-refractivity contribution in [1.29, 1.82) is 0 Å². The van der Waals surface area contributed by atoms with E-state index in [1.165, 1.54) is 25.6 Å². The first kappa shape index (κ1) is 48.2. The highest BCUT2D eigenvalue weighted by atomic mass is 32.1. The van der Waals surface area contributed by atoms with Crippen molar-refractivity contribution in [1.82, 2.24) is 20.4 Å². The molecule has 13 nitrogen and oxygen atoms in total. The van der Waals surface area contributed by atoms with E-state index in [1.54, 1.807) is 30.9 Å². The second-order valence-electron chi connectivity index (χ2n) is 17.7. The van der Waals surface area contributed by atoms with Gasteiger partial charge in [0, 0.05) is 45.0 Å². The second-order valence-corrected chi connectivity index (χ2v) is 18.8. The Kier molecular flexibility index (Phi) is 16.8. The van der Waals surface area contributed by atoms with Crippen molar-refractivity contribution in [2.24, 2.45) is 17.3 Å². The quantitative estimate of drug-likeness (QED) is 0.124. The Morgan fingerprint density at radius 3 is 2.10 bits per heavy atom. The molecule has 3 aromatic rings. The zero-order chi connectivity index (χ0) is 45.3. The average Bonchev–Trinajstić information content (AvgIpc) is 4.03. The first-order valence-corrected chi connectivity index (χ1v) is 22.6. The fourth-order valence-electron chi connectivity index (χ4n) is 9.19. The van der Waals surface area contributed by atoms with Crippen LogP contribution < -0.4 is 10.6 Å². The van der Waals surface area contributed by atoms with Crippen molar-refractivity contribution >= 4 is 41.1 Å². The molecule has 2 heterocycles. The van der Waals surface area contributed by atoms with Gasteiger partial charge in [-0.15, -0.1) is 11.3 Å². The number of carbonyl (C=O) groups excluding carboxylic acids is 5. The molecular formula is C48H66N4O9S. The number of thiophene rings is 1. The molecule has 14 heteroatoms. The molecule has 0 saturated carbocycles.